The summed E-state index contributed by atoms with van der Waals surface area (Å²) in [5, 5.41) is 5.47. The van der Waals surface area contributed by atoms with Crippen LogP contribution in [0.2, 0.25) is 0 Å². The third kappa shape index (κ3) is 3.57. The minimum Gasteiger partial charge on any atom is -0.497 e. The molecule has 1 atom stereocenters. The fourth-order valence-electron chi connectivity index (χ4n) is 3.49. The van der Waals surface area contributed by atoms with Crippen molar-refractivity contribution in [3.63, 3.8) is 0 Å². The molecule has 1 saturated heterocycles. The van der Waals surface area contributed by atoms with Gasteiger partial charge in [-0.2, -0.15) is 9.47 Å². The van der Waals surface area contributed by atoms with Crippen LogP contribution in [0.4, 0.5) is 5.82 Å². The number of nitrogens with zero attached hydrogens (tertiary/aromatic N) is 4. The summed E-state index contributed by atoms with van der Waals surface area (Å²) in [5.74, 6) is 7.89. The van der Waals surface area contributed by atoms with Gasteiger partial charge in [0.1, 0.15) is 27.8 Å². The van der Waals surface area contributed by atoms with E-state index in [1.165, 1.54) is 17.6 Å². The summed E-state index contributed by atoms with van der Waals surface area (Å²) >= 11 is 1.29. The number of nitrogen functional groups attached to an aromatic ring is 1. The van der Waals surface area contributed by atoms with Gasteiger partial charge in [-0.15, -0.1) is 0 Å². The first-order chi connectivity index (χ1) is 14.5. The van der Waals surface area contributed by atoms with E-state index in [-0.39, 0.29) is 11.9 Å². The predicted molar refractivity (Wildman–Crippen MR) is 116 cm³/mol. The second-order valence-corrected chi connectivity index (χ2v) is 7.58. The Hall–Kier alpha value is -3.51. The van der Waals surface area contributed by atoms with Crippen molar-refractivity contribution in [2.45, 2.75) is 12.5 Å². The highest BCUT2D eigenvalue weighted by Gasteiger charge is 2.29. The molecule has 3 heterocycles. The number of carbonyl (C=O) groups is 1. The summed E-state index contributed by atoms with van der Waals surface area (Å²) in [5.41, 5.74) is 7.40. The minimum atomic E-state index is -0.0725. The van der Waals surface area contributed by atoms with Crippen molar-refractivity contribution in [1.82, 2.24) is 19.1 Å². The van der Waals surface area contributed by atoms with Crippen molar-refractivity contribution < 1.29 is 14.3 Å². The number of aromatic nitrogens is 3. The van der Waals surface area contributed by atoms with Crippen LogP contribution in [0.1, 0.15) is 23.7 Å². The Bertz CT molecular complexity index is 1160. The molecule has 1 aliphatic rings. The van der Waals surface area contributed by atoms with Crippen molar-refractivity contribution in [2.24, 2.45) is 0 Å². The molecule has 2 N–H and O–H groups in total. The van der Waals surface area contributed by atoms with Crippen molar-refractivity contribution in [1.29, 1.82) is 0 Å². The van der Waals surface area contributed by atoms with Crippen LogP contribution < -0.4 is 15.2 Å². The normalized spacial score (nSPS) is 15.7. The van der Waals surface area contributed by atoms with Gasteiger partial charge in [-0.25, -0.2) is 4.68 Å². The number of likely N-dealkylation sites (tertiary alicyclic amines) is 1. The molecule has 30 heavy (non-hydrogen) atoms. The molecule has 0 saturated carbocycles. The first kappa shape index (κ1) is 19.8. The van der Waals surface area contributed by atoms with Crippen LogP contribution in [0.15, 0.2) is 30.9 Å². The Kier molecular flexibility index (Phi) is 5.33. The Morgan fingerprint density at radius 2 is 2.03 bits per heavy atom. The largest absolute Gasteiger partial charge is 0.497 e. The van der Waals surface area contributed by atoms with Gasteiger partial charge >= 0.3 is 0 Å². The highest BCUT2D eigenvalue weighted by molar-refractivity contribution is 7.13. The highest BCUT2D eigenvalue weighted by atomic mass is 32.1. The van der Waals surface area contributed by atoms with Gasteiger partial charge < -0.3 is 20.1 Å². The Balaban J connectivity index is 1.71. The first-order valence-electron chi connectivity index (χ1n) is 9.33. The zero-order chi connectivity index (χ0) is 21.3. The second-order valence-electron chi connectivity index (χ2n) is 6.82. The van der Waals surface area contributed by atoms with Gasteiger partial charge in [0.2, 0.25) is 5.91 Å². The fraction of sp³-hybridized carbons (Fsp3) is 0.286. The number of rotatable bonds is 4. The molecular formula is C21H21N5O3S. The minimum absolute atomic E-state index is 0.0451. The lowest BCUT2D eigenvalue weighted by Crippen LogP contribution is -2.27. The number of ether oxygens (including phenoxy) is 2. The van der Waals surface area contributed by atoms with Crippen LogP contribution in [0.3, 0.4) is 0 Å². The standard InChI is InChI=1S/C21H21N5O3S/c1-4-18(27)25-8-7-14(12-25)26-21-19(20(22)24-30-21)17(23-26)6-5-13-9-15(28-2)11-16(10-13)29-3/h4,9-11,14H,1,7-8,12H2,2-3H3,(H2,22,24)/t14-/m0/s1. The first-order valence-corrected chi connectivity index (χ1v) is 10.1. The number of hydrogen-bond acceptors (Lipinski definition) is 7. The lowest BCUT2D eigenvalue weighted by molar-refractivity contribution is -0.125. The number of anilines is 1. The molecule has 1 aromatic carbocycles. The lowest BCUT2D eigenvalue weighted by Gasteiger charge is -2.14. The zero-order valence-corrected chi connectivity index (χ0v) is 17.5. The SMILES string of the molecule is C=CC(=O)N1CC[C@H](n2nc(C#Cc3cc(OC)cc(OC)c3)c3c(N)nsc32)C1. The van der Waals surface area contributed by atoms with Gasteiger partial charge in [0.05, 0.1) is 25.6 Å². The summed E-state index contributed by atoms with van der Waals surface area (Å²) in [7, 11) is 3.19. The van der Waals surface area contributed by atoms with E-state index in [1.807, 2.05) is 16.8 Å². The quantitative estimate of drug-likeness (QED) is 0.512. The van der Waals surface area contributed by atoms with E-state index in [0.717, 1.165) is 22.2 Å². The molecule has 0 spiro atoms. The van der Waals surface area contributed by atoms with E-state index in [1.54, 1.807) is 25.2 Å². The number of benzene rings is 1. The molecule has 1 fully saturated rings. The summed E-state index contributed by atoms with van der Waals surface area (Å²) in [6.07, 6.45) is 2.14. The average Bonchev–Trinajstić information content (AvgIpc) is 3.48. The molecule has 1 aliphatic heterocycles. The van der Waals surface area contributed by atoms with Gasteiger partial charge in [0, 0.05) is 24.7 Å². The van der Waals surface area contributed by atoms with Crippen LogP contribution in [0.25, 0.3) is 10.2 Å². The van der Waals surface area contributed by atoms with E-state index in [4.69, 9.17) is 20.3 Å². The zero-order valence-electron chi connectivity index (χ0n) is 16.7. The van der Waals surface area contributed by atoms with Crippen molar-refractivity contribution in [3.8, 4) is 23.3 Å². The summed E-state index contributed by atoms with van der Waals surface area (Å²) in [6.45, 7) is 4.80. The van der Waals surface area contributed by atoms with E-state index in [2.05, 4.69) is 22.8 Å². The Labute approximate surface area is 178 Å². The maximum Gasteiger partial charge on any atom is 0.246 e. The average molecular weight is 423 g/mol. The summed E-state index contributed by atoms with van der Waals surface area (Å²) in [4.78, 5) is 14.6. The summed E-state index contributed by atoms with van der Waals surface area (Å²) < 4.78 is 16.8. The molecule has 0 aliphatic carbocycles. The number of fused-ring (bicyclic) bond motifs is 1. The Morgan fingerprint density at radius 1 is 1.30 bits per heavy atom. The second kappa shape index (κ2) is 8.08. The monoisotopic (exact) mass is 423 g/mol. The highest BCUT2D eigenvalue weighted by Crippen LogP contribution is 2.33. The molecule has 154 valence electrons. The molecule has 1 amide bonds. The van der Waals surface area contributed by atoms with Crippen LogP contribution in [-0.4, -0.2) is 52.3 Å². The van der Waals surface area contributed by atoms with Crippen LogP contribution in [-0.2, 0) is 4.79 Å². The lowest BCUT2D eigenvalue weighted by atomic mass is 10.2. The molecule has 0 unspecified atom stereocenters. The van der Waals surface area contributed by atoms with Crippen molar-refractivity contribution >= 4 is 33.5 Å². The molecule has 0 bridgehead atoms. The van der Waals surface area contributed by atoms with Crippen LogP contribution in [0, 0.1) is 11.8 Å². The summed E-state index contributed by atoms with van der Waals surface area (Å²) in [6, 6.07) is 5.49. The van der Waals surface area contributed by atoms with Gasteiger partial charge in [-0.05, 0) is 42.1 Å². The van der Waals surface area contributed by atoms with Gasteiger partial charge in [-0.3, -0.25) is 4.79 Å². The van der Waals surface area contributed by atoms with E-state index < -0.39 is 0 Å². The van der Waals surface area contributed by atoms with E-state index in [9.17, 15) is 4.79 Å². The van der Waals surface area contributed by atoms with Crippen LogP contribution >= 0.6 is 11.5 Å². The number of methoxy groups -OCH3 is 2. The molecule has 2 aromatic heterocycles. The molecular weight excluding hydrogens is 402 g/mol. The number of amides is 1. The molecule has 4 rings (SSSR count). The smallest absolute Gasteiger partial charge is 0.246 e. The number of nitrogens with two attached hydrogens (primary N) is 1. The molecule has 8 nitrogen and oxygen atoms in total. The van der Waals surface area contributed by atoms with E-state index >= 15 is 0 Å². The fourth-order valence-corrected chi connectivity index (χ4v) is 4.33. The topological polar surface area (TPSA) is 95.5 Å². The van der Waals surface area contributed by atoms with Crippen molar-refractivity contribution in [2.75, 3.05) is 33.0 Å². The van der Waals surface area contributed by atoms with Gasteiger partial charge in [0.25, 0.3) is 0 Å². The third-order valence-electron chi connectivity index (χ3n) is 5.03. The Morgan fingerprint density at radius 3 is 2.70 bits per heavy atom. The molecule has 3 aromatic rings. The van der Waals surface area contributed by atoms with Gasteiger partial charge in [0.15, 0.2) is 0 Å². The molecule has 9 heteroatoms. The third-order valence-corrected chi connectivity index (χ3v) is 5.88. The number of carbonyl (C=O) groups excluding carboxylic acids is 1. The maximum atomic E-state index is 11.9. The van der Waals surface area contributed by atoms with Crippen molar-refractivity contribution in [3.05, 3.63) is 42.1 Å². The van der Waals surface area contributed by atoms with Crippen LogP contribution in [0.5, 0.6) is 11.5 Å². The predicted octanol–water partition coefficient (Wildman–Crippen LogP) is 2.45. The molecule has 0 radical (unpaired) electrons. The van der Waals surface area contributed by atoms with Gasteiger partial charge in [-0.1, -0.05) is 12.5 Å². The van der Waals surface area contributed by atoms with E-state index in [0.29, 0.717) is 36.1 Å². The maximum absolute atomic E-state index is 11.9. The number of hydrogen-bond donors (Lipinski definition) is 1.